The minimum atomic E-state index is -4.62. The first-order chi connectivity index (χ1) is 25.9. The van der Waals surface area contributed by atoms with Crippen molar-refractivity contribution in [1.82, 2.24) is 24.1 Å². The van der Waals surface area contributed by atoms with Crippen LogP contribution in [0.15, 0.2) is 70.8 Å². The van der Waals surface area contributed by atoms with E-state index < -0.39 is 85.6 Å². The van der Waals surface area contributed by atoms with E-state index in [9.17, 15) is 34.0 Å². The summed E-state index contributed by atoms with van der Waals surface area (Å²) in [4.78, 5) is 60.4. The number of hydrogen-bond acceptors (Lipinski definition) is 17. The largest absolute Gasteiger partial charge is 0.454 e. The van der Waals surface area contributed by atoms with Gasteiger partial charge in [0.25, 0.3) is 5.56 Å². The first-order valence-corrected chi connectivity index (χ1v) is 19.9. The molecule has 5 N–H and O–H groups in total. The Hall–Kier alpha value is -4.24. The van der Waals surface area contributed by atoms with Gasteiger partial charge in [-0.15, -0.1) is 0 Å². The number of hydrogen-bond donors (Lipinski definition) is 4. The molecule has 0 bridgehead atoms. The van der Waals surface area contributed by atoms with E-state index in [0.717, 1.165) is 22.4 Å². The van der Waals surface area contributed by atoms with Gasteiger partial charge < -0.3 is 39.7 Å². The molecule has 2 saturated heterocycles. The lowest BCUT2D eigenvalue weighted by atomic mass is 9.95. The first-order valence-electron chi connectivity index (χ1n) is 16.7. The van der Waals surface area contributed by atoms with Gasteiger partial charge in [0.2, 0.25) is 0 Å². The van der Waals surface area contributed by atoms with Gasteiger partial charge in [-0.3, -0.25) is 32.8 Å². The van der Waals surface area contributed by atoms with Crippen LogP contribution < -0.4 is 17.0 Å². The average Bonchev–Trinajstić information content (AvgIpc) is 3.83. The minimum absolute atomic E-state index is 0.0534. The van der Waals surface area contributed by atoms with E-state index >= 15 is 0 Å². The normalized spacial score (nSPS) is 25.7. The Morgan fingerprint density at radius 1 is 1.11 bits per heavy atom. The fraction of sp³-hybridized carbons (Fsp3) is 0.455. The van der Waals surface area contributed by atoms with E-state index in [0.29, 0.717) is 28.2 Å². The van der Waals surface area contributed by atoms with Crippen molar-refractivity contribution in [2.75, 3.05) is 25.4 Å². The summed E-state index contributed by atoms with van der Waals surface area (Å²) >= 11 is 0.436. The maximum absolute atomic E-state index is 14.7. The molecule has 3 aromatic heterocycles. The number of nitrogen functional groups attached to an aromatic ring is 1. The van der Waals surface area contributed by atoms with E-state index in [1.165, 1.54) is 31.1 Å². The number of fused-ring (bicyclic) bond motifs is 1. The fourth-order valence-corrected chi connectivity index (χ4v) is 9.19. The average molecular weight is 791 g/mol. The number of aliphatic hydroxyl groups is 2. The molecule has 54 heavy (non-hydrogen) atoms. The van der Waals surface area contributed by atoms with Crippen molar-refractivity contribution in [2.45, 2.75) is 69.3 Å². The summed E-state index contributed by atoms with van der Waals surface area (Å²) in [6, 6.07) is 11.7. The van der Waals surface area contributed by atoms with Gasteiger partial charge in [-0.25, -0.2) is 19.3 Å². The summed E-state index contributed by atoms with van der Waals surface area (Å²) < 4.78 is 52.2. The van der Waals surface area contributed by atoms with Gasteiger partial charge in [0.05, 0.1) is 24.5 Å². The monoisotopic (exact) mass is 790 g/mol. The van der Waals surface area contributed by atoms with Crippen LogP contribution in [0.4, 0.5) is 5.69 Å². The summed E-state index contributed by atoms with van der Waals surface area (Å²) in [5.41, 5.74) is 6.46. The number of imidazole rings is 1. The molecule has 0 saturated carbocycles. The number of ether oxygens (including phenoxy) is 4. The van der Waals surface area contributed by atoms with E-state index in [-0.39, 0.29) is 25.0 Å². The number of aliphatic hydroxyl groups excluding tert-OH is 2. The van der Waals surface area contributed by atoms with Crippen LogP contribution in [0.5, 0.6) is 0 Å². The molecular formula is C33H39N6O13PS. The zero-order valence-corrected chi connectivity index (χ0v) is 30.7. The molecule has 0 aliphatic carbocycles. The van der Waals surface area contributed by atoms with E-state index in [1.54, 1.807) is 18.2 Å². The molecule has 21 heteroatoms. The highest BCUT2D eigenvalue weighted by atomic mass is 32.7. The third-order valence-electron chi connectivity index (χ3n) is 8.80. The molecule has 0 radical (unpaired) electrons. The van der Waals surface area contributed by atoms with Gasteiger partial charge in [-0.05, 0) is 25.0 Å². The van der Waals surface area contributed by atoms with Crippen molar-refractivity contribution in [3.63, 3.8) is 0 Å². The number of nitrogens with two attached hydrogens (primary N) is 1. The molecule has 1 aromatic carbocycles. The number of esters is 1. The predicted octanol–water partition coefficient (Wildman–Crippen LogP) is 1.66. The molecule has 0 amide bonds. The number of anilines is 1. The van der Waals surface area contributed by atoms with Crippen molar-refractivity contribution in [1.29, 1.82) is 0 Å². The molecule has 290 valence electrons. The van der Waals surface area contributed by atoms with Crippen molar-refractivity contribution in [3.05, 3.63) is 87.6 Å². The van der Waals surface area contributed by atoms with Gasteiger partial charge in [-0.2, -0.15) is 0 Å². The number of pyridine rings is 1. The Labute approximate surface area is 311 Å². The smallest absolute Gasteiger partial charge is 0.395 e. The number of aromatic nitrogens is 5. The summed E-state index contributed by atoms with van der Waals surface area (Å²) in [7, 11) is 1.27. The highest BCUT2D eigenvalue weighted by Gasteiger charge is 2.52. The zero-order chi connectivity index (χ0) is 38.6. The molecule has 9 atom stereocenters. The highest BCUT2D eigenvalue weighted by molar-refractivity contribution is 8.55. The molecule has 2 fully saturated rings. The number of carbonyl (C=O) groups is 2. The molecule has 0 spiro atoms. The number of carbonyl (C=O) groups excluding carboxylic acids is 2. The summed E-state index contributed by atoms with van der Waals surface area (Å²) in [6.07, 6.45) is -4.82. The SMILES string of the molecule is CO[C@H]1C(OP(=O)(O[C@H]2O[C@@H](n3cnc4c(N)ccnc43)CC2O)SCOC(=O)C(CC(C)=O)Cc2ccccc2)[C@@H](CO)O[C@H]1n1ccc(=O)[nH]c1=O. The van der Waals surface area contributed by atoms with Crippen LogP contribution in [0, 0.1) is 5.92 Å². The van der Waals surface area contributed by atoms with Crippen molar-refractivity contribution < 1.29 is 52.4 Å². The second-order valence-corrected chi connectivity index (χ2v) is 16.5. The van der Waals surface area contributed by atoms with Crippen molar-refractivity contribution in [2.24, 2.45) is 5.92 Å². The molecule has 2 aliphatic heterocycles. The lowest BCUT2D eigenvalue weighted by Crippen LogP contribution is -2.40. The van der Waals surface area contributed by atoms with Gasteiger partial charge >= 0.3 is 18.5 Å². The van der Waals surface area contributed by atoms with Crippen LogP contribution in [0.25, 0.3) is 11.2 Å². The number of methoxy groups -OCH3 is 1. The fourth-order valence-electron chi connectivity index (χ4n) is 6.25. The Morgan fingerprint density at radius 3 is 2.59 bits per heavy atom. The van der Waals surface area contributed by atoms with Crippen LogP contribution in [-0.2, 0) is 48.6 Å². The summed E-state index contributed by atoms with van der Waals surface area (Å²) in [5, 5.41) is 21.3. The second kappa shape index (κ2) is 17.1. The standard InChI is InChI=1S/C33H39N6O13PS/c1-18(41)12-20(13-19-6-4-3-5-7-19)31(44)48-17-54-53(46,51-27-23(15-40)49-30(28(27)47-2)38-11-9-24(43)37-33(38)45)52-32-22(42)14-25(50-32)39-16-36-26-21(34)8-10-35-29(26)39/h3-11,16,20,22-23,25,27-28,30,32,40,42H,12-15,17H2,1-2H3,(H2,34,35)(H,37,43,45)/t20?,22?,23-,25-,27?,28+,30-,32-,53?/m1/s1. The number of nitrogens with one attached hydrogen (secondary N) is 1. The molecule has 2 aliphatic rings. The van der Waals surface area contributed by atoms with Gasteiger partial charge in [0.1, 0.15) is 47.9 Å². The number of rotatable bonds is 16. The van der Waals surface area contributed by atoms with E-state index in [1.807, 2.05) is 18.2 Å². The topological polar surface area (TPSA) is 259 Å². The Kier molecular flexibility index (Phi) is 12.5. The molecule has 6 rings (SSSR count). The highest BCUT2D eigenvalue weighted by Crippen LogP contribution is 2.64. The van der Waals surface area contributed by atoms with Crippen LogP contribution in [0.1, 0.15) is 37.8 Å². The van der Waals surface area contributed by atoms with Crippen molar-refractivity contribution >= 4 is 46.8 Å². The van der Waals surface area contributed by atoms with Crippen LogP contribution in [0.3, 0.4) is 0 Å². The molecule has 4 aromatic rings. The second-order valence-electron chi connectivity index (χ2n) is 12.6. The maximum Gasteiger partial charge on any atom is 0.395 e. The number of H-pyrrole nitrogens is 1. The van der Waals surface area contributed by atoms with E-state index in [2.05, 4.69) is 15.0 Å². The first kappa shape index (κ1) is 39.5. The Balaban J connectivity index is 1.24. The van der Waals surface area contributed by atoms with Crippen LogP contribution in [-0.4, -0.2) is 96.4 Å². The van der Waals surface area contributed by atoms with E-state index in [4.69, 9.17) is 33.7 Å². The number of benzene rings is 1. The van der Waals surface area contributed by atoms with Crippen LogP contribution in [0.2, 0.25) is 0 Å². The summed E-state index contributed by atoms with van der Waals surface area (Å²) in [5.74, 6) is -2.43. The zero-order valence-electron chi connectivity index (χ0n) is 29.0. The van der Waals surface area contributed by atoms with Gasteiger partial charge in [0, 0.05) is 49.8 Å². The van der Waals surface area contributed by atoms with Gasteiger partial charge in [0.15, 0.2) is 18.2 Å². The predicted molar refractivity (Wildman–Crippen MR) is 191 cm³/mol. The Morgan fingerprint density at radius 2 is 1.89 bits per heavy atom. The quantitative estimate of drug-likeness (QED) is 0.0715. The number of Topliss-reactive ketones (excluding diaryl/α,β-unsaturated/α-hetero) is 1. The van der Waals surface area contributed by atoms with Gasteiger partial charge in [-0.1, -0.05) is 30.3 Å². The lowest BCUT2D eigenvalue weighted by molar-refractivity contribution is -0.147. The van der Waals surface area contributed by atoms with Crippen molar-refractivity contribution in [3.8, 4) is 0 Å². The summed E-state index contributed by atoms with van der Waals surface area (Å²) in [6.45, 7) is -3.96. The minimum Gasteiger partial charge on any atom is -0.454 e. The molecule has 19 nitrogen and oxygen atoms in total. The Bertz CT molecular complexity index is 2110. The molecule has 4 unspecified atom stereocenters. The third-order valence-corrected chi connectivity index (χ3v) is 12.1. The number of nitrogens with zero attached hydrogens (tertiary/aromatic N) is 4. The van der Waals surface area contributed by atoms with Crippen LogP contribution >= 0.6 is 18.2 Å². The third kappa shape index (κ3) is 8.83. The number of aromatic amines is 1. The molecule has 5 heterocycles. The number of ketones is 1. The molecular weight excluding hydrogens is 751 g/mol. The lowest BCUT2D eigenvalue weighted by Gasteiger charge is -2.29. The maximum atomic E-state index is 14.7.